The number of ether oxygens (including phenoxy) is 3. The molecule has 60 heavy (non-hydrogen) atoms. The molecule has 2 aromatic carbocycles. The van der Waals surface area contributed by atoms with Gasteiger partial charge in [0.15, 0.2) is 0 Å². The summed E-state index contributed by atoms with van der Waals surface area (Å²) in [5.74, 6) is 3.29. The molecule has 2 aromatic rings. The number of hydrogen-bond acceptors (Lipinski definition) is 7. The fourth-order valence-electron chi connectivity index (χ4n) is 13.1. The van der Waals surface area contributed by atoms with Crippen molar-refractivity contribution in [3.8, 4) is 0 Å². The van der Waals surface area contributed by atoms with E-state index in [-0.39, 0.29) is 46.5 Å². The van der Waals surface area contributed by atoms with Crippen LogP contribution in [0.25, 0.3) is 0 Å². The van der Waals surface area contributed by atoms with Crippen molar-refractivity contribution in [2.75, 3.05) is 52.7 Å². The van der Waals surface area contributed by atoms with E-state index in [1.165, 1.54) is 49.4 Å². The summed E-state index contributed by atoms with van der Waals surface area (Å²) in [7, 11) is -2.68. The summed E-state index contributed by atoms with van der Waals surface area (Å²) < 4.78 is 25.7. The fraction of sp³-hybridized carbons (Fsp3) is 0.720. The summed E-state index contributed by atoms with van der Waals surface area (Å²) in [5.41, 5.74) is 0.464. The average molecular weight is 847 g/mol. The van der Waals surface area contributed by atoms with Crippen LogP contribution in [0.2, 0.25) is 5.04 Å². The highest BCUT2D eigenvalue weighted by Crippen LogP contribution is 2.69. The van der Waals surface area contributed by atoms with Crippen molar-refractivity contribution < 1.29 is 33.3 Å². The number of benzene rings is 2. The van der Waals surface area contributed by atoms with Crippen LogP contribution in [-0.4, -0.2) is 90.2 Å². The number of aliphatic hydroxyl groups is 1. The van der Waals surface area contributed by atoms with Gasteiger partial charge in [-0.15, -0.1) is 0 Å². The number of nitrogens with one attached hydrogen (secondary N) is 2. The summed E-state index contributed by atoms with van der Waals surface area (Å²) in [6, 6.07) is 22.2. The molecule has 0 heterocycles. The molecule has 4 aliphatic carbocycles. The van der Waals surface area contributed by atoms with Crippen LogP contribution in [0.4, 0.5) is 0 Å². The van der Waals surface area contributed by atoms with E-state index >= 15 is 0 Å². The zero-order valence-corrected chi connectivity index (χ0v) is 39.0. The summed E-state index contributed by atoms with van der Waals surface area (Å²) in [4.78, 5) is 23.8. The van der Waals surface area contributed by atoms with Gasteiger partial charge in [-0.1, -0.05) is 102 Å². The van der Waals surface area contributed by atoms with E-state index < -0.39 is 8.32 Å². The van der Waals surface area contributed by atoms with Gasteiger partial charge in [-0.3, -0.25) is 9.59 Å². The van der Waals surface area contributed by atoms with E-state index in [4.69, 9.17) is 18.6 Å². The van der Waals surface area contributed by atoms with Crippen molar-refractivity contribution in [2.45, 2.75) is 130 Å². The highest BCUT2D eigenvalue weighted by molar-refractivity contribution is 6.99. The highest BCUT2D eigenvalue weighted by Gasteiger charge is 2.64. The lowest BCUT2D eigenvalue weighted by molar-refractivity contribution is -0.189. The van der Waals surface area contributed by atoms with Crippen LogP contribution in [0.3, 0.4) is 0 Å². The molecule has 0 radical (unpaired) electrons. The standard InChI is InChI=1S/C50H78N2O7Si/c1-36(18-21-46(55)52-27-30-57-33-32-56-29-26-51-37(2)54)42-19-20-43-47-44(23-25-50(42,43)7)49(6)24-22-39(34-38(49)35-45(47)58-31-28-53)59-60(48(3,4)5,40-14-10-8-11-15-40)41-16-12-9-13-17-41/h8-17,36,38-39,42-45,47,53H,18-35H2,1-7H3,(H,51,54)(H,52,55)/t36-,38?,39?,42?,43?,44?,45?,47?,49?,50?/m1/s1. The Hall–Kier alpha value is -2.60. The van der Waals surface area contributed by atoms with E-state index in [1.54, 1.807) is 0 Å². The van der Waals surface area contributed by atoms with Crippen LogP contribution in [0.1, 0.15) is 113 Å². The Morgan fingerprint density at radius 2 is 1.40 bits per heavy atom. The molecule has 0 bridgehead atoms. The van der Waals surface area contributed by atoms with Gasteiger partial charge in [0.25, 0.3) is 8.32 Å². The van der Waals surface area contributed by atoms with Crippen LogP contribution < -0.4 is 21.0 Å². The monoisotopic (exact) mass is 847 g/mol. The fourth-order valence-corrected chi connectivity index (χ4v) is 17.8. The summed E-state index contributed by atoms with van der Waals surface area (Å²) >= 11 is 0. The second-order valence-electron chi connectivity index (χ2n) is 20.3. The minimum Gasteiger partial charge on any atom is -0.404 e. The Balaban J connectivity index is 1.08. The first-order chi connectivity index (χ1) is 28.7. The molecule has 4 fully saturated rings. The Labute approximate surface area is 363 Å². The van der Waals surface area contributed by atoms with Crippen molar-refractivity contribution in [1.82, 2.24) is 10.6 Å². The molecule has 334 valence electrons. The van der Waals surface area contributed by atoms with Crippen LogP contribution in [-0.2, 0) is 28.2 Å². The van der Waals surface area contributed by atoms with E-state index in [0.717, 1.165) is 25.7 Å². The first-order valence-electron chi connectivity index (χ1n) is 23.4. The third-order valence-electron chi connectivity index (χ3n) is 15.9. The molecule has 0 spiro atoms. The molecular weight excluding hydrogens is 769 g/mol. The average Bonchev–Trinajstić information content (AvgIpc) is 3.59. The van der Waals surface area contributed by atoms with Crippen molar-refractivity contribution >= 4 is 30.5 Å². The van der Waals surface area contributed by atoms with Gasteiger partial charge in [0.05, 0.1) is 45.7 Å². The minimum absolute atomic E-state index is 0.0563. The molecule has 4 aliphatic rings. The SMILES string of the molecule is CC(=O)NCCOCCOCCNC(=O)CC[C@@H](C)C1CCC2C3C(OCCO)CC4CC(O[Si](c5ccccc5)(c5ccccc5)C(C)(C)C)CCC4(C)C3CCC21C. The van der Waals surface area contributed by atoms with Gasteiger partial charge in [-0.05, 0) is 120 Å². The van der Waals surface area contributed by atoms with Gasteiger partial charge < -0.3 is 34.4 Å². The van der Waals surface area contributed by atoms with E-state index in [0.29, 0.717) is 88.1 Å². The summed E-state index contributed by atoms with van der Waals surface area (Å²) in [5, 5.41) is 18.4. The van der Waals surface area contributed by atoms with Crippen molar-refractivity contribution in [2.24, 2.45) is 46.3 Å². The number of carbonyl (C=O) groups is 2. The molecule has 4 saturated carbocycles. The number of rotatable bonds is 20. The van der Waals surface area contributed by atoms with Crippen LogP contribution in [0.5, 0.6) is 0 Å². The molecule has 10 heteroatoms. The van der Waals surface area contributed by atoms with E-state index in [1.807, 2.05) is 0 Å². The Morgan fingerprint density at radius 1 is 0.800 bits per heavy atom. The summed E-state index contributed by atoms with van der Waals surface area (Å²) in [6.07, 6.45) is 11.1. The Bertz CT molecular complexity index is 1620. The van der Waals surface area contributed by atoms with Crippen LogP contribution in [0.15, 0.2) is 60.7 Å². The predicted molar refractivity (Wildman–Crippen MR) is 242 cm³/mol. The number of aliphatic hydroxyl groups excluding tert-OH is 1. The Morgan fingerprint density at radius 3 is 2.00 bits per heavy atom. The van der Waals surface area contributed by atoms with Crippen LogP contribution in [0, 0.1) is 46.3 Å². The van der Waals surface area contributed by atoms with Gasteiger partial charge in [0.2, 0.25) is 11.8 Å². The van der Waals surface area contributed by atoms with Gasteiger partial charge in [-0.25, -0.2) is 0 Å². The normalized spacial score (nSPS) is 30.8. The molecule has 0 aromatic heterocycles. The van der Waals surface area contributed by atoms with Crippen molar-refractivity contribution in [1.29, 1.82) is 0 Å². The maximum atomic E-state index is 12.9. The van der Waals surface area contributed by atoms with Crippen LogP contribution >= 0.6 is 0 Å². The first-order valence-corrected chi connectivity index (χ1v) is 25.3. The van der Waals surface area contributed by atoms with E-state index in [2.05, 4.69) is 113 Å². The zero-order valence-electron chi connectivity index (χ0n) is 38.0. The number of amides is 2. The number of fused-ring (bicyclic) bond motifs is 5. The van der Waals surface area contributed by atoms with Gasteiger partial charge >= 0.3 is 0 Å². The second-order valence-corrected chi connectivity index (χ2v) is 24.6. The third kappa shape index (κ3) is 10.3. The molecule has 2 amide bonds. The molecule has 10 atom stereocenters. The van der Waals surface area contributed by atoms with Gasteiger partial charge in [0, 0.05) is 32.5 Å². The topological polar surface area (TPSA) is 115 Å². The lowest BCUT2D eigenvalue weighted by atomic mass is 9.43. The molecule has 0 aliphatic heterocycles. The molecule has 9 nitrogen and oxygen atoms in total. The van der Waals surface area contributed by atoms with Gasteiger partial charge in [-0.2, -0.15) is 0 Å². The maximum absolute atomic E-state index is 12.9. The molecule has 9 unspecified atom stereocenters. The number of hydrogen-bond donors (Lipinski definition) is 3. The summed E-state index contributed by atoms with van der Waals surface area (Å²) in [6.45, 7) is 19.5. The smallest absolute Gasteiger partial charge is 0.261 e. The molecular formula is C50H78N2O7Si. The number of carbonyl (C=O) groups excluding carboxylic acids is 2. The quantitative estimate of drug-likeness (QED) is 0.0949. The lowest BCUT2D eigenvalue weighted by Gasteiger charge is -2.63. The molecule has 6 rings (SSSR count). The van der Waals surface area contributed by atoms with Crippen molar-refractivity contribution in [3.63, 3.8) is 0 Å². The third-order valence-corrected chi connectivity index (χ3v) is 21.0. The minimum atomic E-state index is -2.68. The van der Waals surface area contributed by atoms with Crippen molar-refractivity contribution in [3.05, 3.63) is 60.7 Å². The second kappa shape index (κ2) is 20.7. The highest BCUT2D eigenvalue weighted by atomic mass is 28.4. The molecule has 0 saturated heterocycles. The predicted octanol–water partition coefficient (Wildman–Crippen LogP) is 7.28. The van der Waals surface area contributed by atoms with Gasteiger partial charge in [0.1, 0.15) is 0 Å². The zero-order chi connectivity index (χ0) is 43.0. The first kappa shape index (κ1) is 46.9. The largest absolute Gasteiger partial charge is 0.404 e. The maximum Gasteiger partial charge on any atom is 0.261 e. The molecule has 3 N–H and O–H groups in total. The Kier molecular flexibility index (Phi) is 16.2. The van der Waals surface area contributed by atoms with E-state index in [9.17, 15) is 14.7 Å². The lowest BCUT2D eigenvalue weighted by Crippen LogP contribution is -2.68.